The van der Waals surface area contributed by atoms with Gasteiger partial charge in [-0.3, -0.25) is 0 Å². The molecule has 2 aliphatic rings. The van der Waals surface area contributed by atoms with Gasteiger partial charge in [-0.1, -0.05) is 11.6 Å². The number of ether oxygens (including phenoxy) is 1. The van der Waals surface area contributed by atoms with Crippen LogP contribution in [0.3, 0.4) is 0 Å². The summed E-state index contributed by atoms with van der Waals surface area (Å²) < 4.78 is 6.33. The van der Waals surface area contributed by atoms with Crippen molar-refractivity contribution >= 4 is 0 Å². The van der Waals surface area contributed by atoms with Gasteiger partial charge < -0.3 is 14.9 Å². The summed E-state index contributed by atoms with van der Waals surface area (Å²) in [6, 6.07) is 4.00. The molecule has 0 bridgehead atoms. The number of aliphatic hydroxyl groups excluding tert-OH is 1. The highest BCUT2D eigenvalue weighted by atomic mass is 16.5. The molecule has 3 rings (SSSR count). The molecular formula is C21H30O3. The van der Waals surface area contributed by atoms with E-state index in [1.54, 1.807) is 0 Å². The average Bonchev–Trinajstić information content (AvgIpc) is 2.45. The van der Waals surface area contributed by atoms with Crippen LogP contribution in [0.2, 0.25) is 0 Å². The lowest BCUT2D eigenvalue weighted by Gasteiger charge is -2.47. The monoisotopic (exact) mass is 330 g/mol. The van der Waals surface area contributed by atoms with Gasteiger partial charge >= 0.3 is 0 Å². The first kappa shape index (κ1) is 17.3. The summed E-state index contributed by atoms with van der Waals surface area (Å²) >= 11 is 0. The second-order valence-electron chi connectivity index (χ2n) is 8.18. The molecule has 0 aromatic heterocycles. The lowest BCUT2D eigenvalue weighted by molar-refractivity contribution is 0.00753. The molecule has 3 atom stereocenters. The first-order chi connectivity index (χ1) is 11.3. The highest BCUT2D eigenvalue weighted by Crippen LogP contribution is 2.54. The van der Waals surface area contributed by atoms with E-state index in [9.17, 15) is 10.2 Å². The smallest absolute Gasteiger partial charge is 0.127 e. The molecule has 0 radical (unpaired) electrons. The van der Waals surface area contributed by atoms with E-state index in [0.717, 1.165) is 49.0 Å². The Morgan fingerprint density at radius 3 is 2.79 bits per heavy atom. The zero-order valence-corrected chi connectivity index (χ0v) is 15.3. The standard InChI is InChI=1S/C21H30O3/c1-13-8-9-17-16(10-13)20-18(23)11-15(7-5-6-14(2)22)12-19(20)24-21(17,3)4/h8,11-12,14,16-17,22-23H,5-7,9-10H2,1-4H3/t14?,16-,17-/m1/s1. The van der Waals surface area contributed by atoms with Crippen molar-refractivity contribution in [3.8, 4) is 11.5 Å². The van der Waals surface area contributed by atoms with E-state index in [2.05, 4.69) is 32.9 Å². The summed E-state index contributed by atoms with van der Waals surface area (Å²) in [4.78, 5) is 0. The largest absolute Gasteiger partial charge is 0.508 e. The quantitative estimate of drug-likeness (QED) is 0.786. The minimum absolute atomic E-state index is 0.223. The number of phenols is 1. The third-order valence-electron chi connectivity index (χ3n) is 5.65. The summed E-state index contributed by atoms with van der Waals surface area (Å²) in [5.41, 5.74) is 3.26. The predicted octanol–water partition coefficient (Wildman–Crippen LogP) is 4.71. The van der Waals surface area contributed by atoms with Crippen molar-refractivity contribution < 1.29 is 14.9 Å². The Balaban J connectivity index is 1.92. The fourth-order valence-electron chi connectivity index (χ4n) is 4.37. The minimum Gasteiger partial charge on any atom is -0.508 e. The van der Waals surface area contributed by atoms with Crippen LogP contribution in [0.25, 0.3) is 0 Å². The Bertz CT molecular complexity index is 643. The molecule has 1 aliphatic carbocycles. The Morgan fingerprint density at radius 1 is 1.33 bits per heavy atom. The lowest BCUT2D eigenvalue weighted by Crippen LogP contribution is -2.45. The van der Waals surface area contributed by atoms with Crippen LogP contribution in [0.1, 0.15) is 70.4 Å². The molecule has 1 aromatic carbocycles. The Kier molecular flexibility index (Phi) is 4.65. The third kappa shape index (κ3) is 3.32. The fourth-order valence-corrected chi connectivity index (χ4v) is 4.37. The van der Waals surface area contributed by atoms with Gasteiger partial charge in [-0.25, -0.2) is 0 Å². The van der Waals surface area contributed by atoms with Gasteiger partial charge in [0.05, 0.1) is 6.10 Å². The number of aryl methyl sites for hydroxylation is 1. The highest BCUT2D eigenvalue weighted by molar-refractivity contribution is 5.52. The van der Waals surface area contributed by atoms with Gasteiger partial charge in [-0.2, -0.15) is 0 Å². The van der Waals surface area contributed by atoms with E-state index in [0.29, 0.717) is 17.6 Å². The Labute approximate surface area is 145 Å². The number of benzene rings is 1. The van der Waals surface area contributed by atoms with Gasteiger partial charge in [0.15, 0.2) is 0 Å². The summed E-state index contributed by atoms with van der Waals surface area (Å²) in [5.74, 6) is 1.96. The van der Waals surface area contributed by atoms with Crippen molar-refractivity contribution in [3.63, 3.8) is 0 Å². The number of hydrogen-bond acceptors (Lipinski definition) is 3. The first-order valence-corrected chi connectivity index (χ1v) is 9.16. The van der Waals surface area contributed by atoms with E-state index < -0.39 is 0 Å². The predicted molar refractivity (Wildman–Crippen MR) is 96.7 cm³/mol. The molecule has 1 aliphatic heterocycles. The maximum atomic E-state index is 10.7. The summed E-state index contributed by atoms with van der Waals surface area (Å²) in [6.07, 6.45) is 6.59. The summed E-state index contributed by atoms with van der Waals surface area (Å²) in [7, 11) is 0. The van der Waals surface area contributed by atoms with E-state index >= 15 is 0 Å². The van der Waals surface area contributed by atoms with Gasteiger partial charge in [0.1, 0.15) is 17.1 Å². The maximum Gasteiger partial charge on any atom is 0.127 e. The molecule has 0 fully saturated rings. The van der Waals surface area contributed by atoms with E-state index in [4.69, 9.17) is 4.74 Å². The van der Waals surface area contributed by atoms with Crippen LogP contribution in [-0.2, 0) is 6.42 Å². The van der Waals surface area contributed by atoms with E-state index in [-0.39, 0.29) is 11.7 Å². The zero-order valence-electron chi connectivity index (χ0n) is 15.3. The van der Waals surface area contributed by atoms with E-state index in [1.807, 2.05) is 13.0 Å². The molecule has 132 valence electrons. The molecule has 0 spiro atoms. The Morgan fingerprint density at radius 2 is 2.08 bits per heavy atom. The van der Waals surface area contributed by atoms with Gasteiger partial charge in [-0.15, -0.1) is 0 Å². The van der Waals surface area contributed by atoms with Crippen LogP contribution >= 0.6 is 0 Å². The number of aliphatic hydroxyl groups is 1. The first-order valence-electron chi connectivity index (χ1n) is 9.16. The number of phenolic OH excluding ortho intramolecular Hbond substituents is 1. The van der Waals surface area contributed by atoms with Gasteiger partial charge in [0.2, 0.25) is 0 Å². The fraction of sp³-hybridized carbons (Fsp3) is 0.619. The normalized spacial score (nSPS) is 26.0. The van der Waals surface area contributed by atoms with Gasteiger partial charge in [-0.05, 0) is 77.5 Å². The second-order valence-corrected chi connectivity index (χ2v) is 8.18. The maximum absolute atomic E-state index is 10.7. The van der Waals surface area contributed by atoms with Crippen molar-refractivity contribution in [2.45, 2.75) is 77.4 Å². The molecule has 1 aromatic rings. The van der Waals surface area contributed by atoms with Crippen LogP contribution in [0.15, 0.2) is 23.8 Å². The Hall–Kier alpha value is -1.48. The molecule has 24 heavy (non-hydrogen) atoms. The van der Waals surface area contributed by atoms with Crippen molar-refractivity contribution in [1.82, 2.24) is 0 Å². The number of rotatable bonds is 4. The van der Waals surface area contributed by atoms with Crippen molar-refractivity contribution in [1.29, 1.82) is 0 Å². The van der Waals surface area contributed by atoms with Gasteiger partial charge in [0, 0.05) is 17.4 Å². The number of fused-ring (bicyclic) bond motifs is 3. The third-order valence-corrected chi connectivity index (χ3v) is 5.65. The molecular weight excluding hydrogens is 300 g/mol. The topological polar surface area (TPSA) is 49.7 Å². The lowest BCUT2D eigenvalue weighted by atomic mass is 9.67. The molecule has 0 amide bonds. The molecule has 3 nitrogen and oxygen atoms in total. The van der Waals surface area contributed by atoms with Crippen molar-refractivity contribution in [3.05, 3.63) is 34.9 Å². The highest BCUT2D eigenvalue weighted by Gasteiger charge is 2.45. The number of allylic oxidation sites excluding steroid dienone is 2. The number of aromatic hydroxyl groups is 1. The average molecular weight is 330 g/mol. The van der Waals surface area contributed by atoms with Crippen LogP contribution in [0, 0.1) is 5.92 Å². The van der Waals surface area contributed by atoms with E-state index in [1.165, 1.54) is 5.57 Å². The molecule has 1 heterocycles. The summed E-state index contributed by atoms with van der Waals surface area (Å²) in [6.45, 7) is 8.33. The molecule has 0 saturated carbocycles. The summed E-state index contributed by atoms with van der Waals surface area (Å²) in [5, 5.41) is 20.1. The van der Waals surface area contributed by atoms with Crippen LogP contribution < -0.4 is 4.74 Å². The van der Waals surface area contributed by atoms with Gasteiger partial charge in [0.25, 0.3) is 0 Å². The van der Waals surface area contributed by atoms with Crippen LogP contribution in [0.5, 0.6) is 11.5 Å². The number of hydrogen-bond donors (Lipinski definition) is 2. The van der Waals surface area contributed by atoms with Crippen LogP contribution in [0.4, 0.5) is 0 Å². The van der Waals surface area contributed by atoms with Crippen molar-refractivity contribution in [2.24, 2.45) is 5.92 Å². The second kappa shape index (κ2) is 6.44. The molecule has 2 N–H and O–H groups in total. The minimum atomic E-state index is -0.274. The van der Waals surface area contributed by atoms with Crippen molar-refractivity contribution in [2.75, 3.05) is 0 Å². The SMILES string of the molecule is CC1=CC[C@@H]2[C@@H](C1)c1c(O)cc(CCCC(C)O)cc1OC2(C)C. The zero-order chi connectivity index (χ0) is 17.5. The van der Waals surface area contributed by atoms with Crippen LogP contribution in [-0.4, -0.2) is 21.9 Å². The molecule has 0 saturated heterocycles. The molecule has 1 unspecified atom stereocenters. The molecule has 3 heteroatoms.